The Morgan fingerprint density at radius 3 is 2.61 bits per heavy atom. The van der Waals surface area contributed by atoms with Crippen LogP contribution in [0.25, 0.3) is 0 Å². The summed E-state index contributed by atoms with van der Waals surface area (Å²) in [6.07, 6.45) is 2.09. The minimum absolute atomic E-state index is 0. The largest absolute Gasteiger partial charge is 0.383 e. The van der Waals surface area contributed by atoms with Crippen LogP contribution in [0.15, 0.2) is 24.3 Å². The van der Waals surface area contributed by atoms with Crippen LogP contribution in [0.2, 0.25) is 0 Å². The van der Waals surface area contributed by atoms with E-state index in [0.717, 1.165) is 25.9 Å². The molecule has 1 aliphatic heterocycles. The maximum absolute atomic E-state index is 12.5. The molecule has 0 aromatic heterocycles. The molecule has 0 saturated carbocycles. The van der Waals surface area contributed by atoms with Gasteiger partial charge in [0, 0.05) is 26.7 Å². The second-order valence-corrected chi connectivity index (χ2v) is 5.26. The predicted molar refractivity (Wildman–Crippen MR) is 92.2 cm³/mol. The van der Waals surface area contributed by atoms with Crippen LogP contribution in [-0.4, -0.2) is 56.6 Å². The molecular weight excluding hydrogens is 318 g/mol. The van der Waals surface area contributed by atoms with Crippen LogP contribution in [0.3, 0.4) is 0 Å². The zero-order valence-corrected chi connectivity index (χ0v) is 14.2. The summed E-state index contributed by atoms with van der Waals surface area (Å²) >= 11 is 0. The van der Waals surface area contributed by atoms with Crippen LogP contribution in [0, 0.1) is 0 Å². The monoisotopic (exact) mass is 341 g/mol. The molecule has 0 bridgehead atoms. The molecule has 1 fully saturated rings. The molecule has 0 aliphatic carbocycles. The van der Waals surface area contributed by atoms with Gasteiger partial charge in [0.2, 0.25) is 5.91 Å². The van der Waals surface area contributed by atoms with E-state index < -0.39 is 0 Å². The number of nitrogens with one attached hydrogen (secondary N) is 2. The van der Waals surface area contributed by atoms with Crippen LogP contribution in [0.1, 0.15) is 23.2 Å². The molecule has 7 heteroatoms. The number of rotatable bonds is 7. The van der Waals surface area contributed by atoms with E-state index in [9.17, 15) is 9.59 Å². The molecule has 0 spiro atoms. The normalized spacial score (nSPS) is 13.5. The average Bonchev–Trinajstić information content (AvgIpc) is 3.06. The van der Waals surface area contributed by atoms with Crippen molar-refractivity contribution < 1.29 is 14.3 Å². The summed E-state index contributed by atoms with van der Waals surface area (Å²) in [5.41, 5.74) is 1.12. The molecule has 1 aromatic rings. The summed E-state index contributed by atoms with van der Waals surface area (Å²) in [5, 5.41) is 5.78. The van der Waals surface area contributed by atoms with Crippen molar-refractivity contribution in [2.75, 3.05) is 45.2 Å². The topological polar surface area (TPSA) is 70.7 Å². The van der Waals surface area contributed by atoms with E-state index in [-0.39, 0.29) is 30.8 Å². The Morgan fingerprint density at radius 1 is 1.22 bits per heavy atom. The van der Waals surface area contributed by atoms with Crippen molar-refractivity contribution in [3.05, 3.63) is 29.8 Å². The Labute approximate surface area is 143 Å². The fourth-order valence-corrected chi connectivity index (χ4v) is 2.44. The van der Waals surface area contributed by atoms with E-state index >= 15 is 0 Å². The highest BCUT2D eigenvalue weighted by atomic mass is 35.5. The lowest BCUT2D eigenvalue weighted by Crippen LogP contribution is -2.32. The van der Waals surface area contributed by atoms with E-state index in [0.29, 0.717) is 24.4 Å². The number of methoxy groups -OCH3 is 1. The molecule has 1 aliphatic rings. The van der Waals surface area contributed by atoms with Crippen molar-refractivity contribution in [2.45, 2.75) is 12.8 Å². The Balaban J connectivity index is 0.00000264. The number of benzene rings is 1. The SMILES string of the molecule is COCCNCC(=O)Nc1ccccc1C(=O)N1CCCC1.Cl. The Bertz CT molecular complexity index is 519. The van der Waals surface area contributed by atoms with Crippen molar-refractivity contribution in [2.24, 2.45) is 0 Å². The predicted octanol–water partition coefficient (Wildman–Crippen LogP) is 1.52. The molecule has 2 rings (SSSR count). The number of ether oxygens (including phenoxy) is 1. The third kappa shape index (κ3) is 5.82. The third-order valence-corrected chi connectivity index (χ3v) is 3.59. The van der Waals surface area contributed by atoms with Gasteiger partial charge in [0.15, 0.2) is 0 Å². The van der Waals surface area contributed by atoms with E-state index in [1.165, 1.54) is 0 Å². The Hall–Kier alpha value is -1.63. The molecular formula is C16H24ClN3O3. The first kappa shape index (κ1) is 19.4. The quantitative estimate of drug-likeness (QED) is 0.738. The van der Waals surface area contributed by atoms with Crippen LogP contribution in [-0.2, 0) is 9.53 Å². The van der Waals surface area contributed by atoms with Gasteiger partial charge in [-0.25, -0.2) is 0 Å². The third-order valence-electron chi connectivity index (χ3n) is 3.59. The lowest BCUT2D eigenvalue weighted by atomic mass is 10.1. The van der Waals surface area contributed by atoms with Gasteiger partial charge < -0.3 is 20.3 Å². The Morgan fingerprint density at radius 2 is 1.91 bits per heavy atom. The van der Waals surface area contributed by atoms with Gasteiger partial charge in [0.05, 0.1) is 24.4 Å². The fraction of sp³-hybridized carbons (Fsp3) is 0.500. The summed E-state index contributed by atoms with van der Waals surface area (Å²) in [5.74, 6) is -0.182. The average molecular weight is 342 g/mol. The molecule has 0 unspecified atom stereocenters. The van der Waals surface area contributed by atoms with Crippen LogP contribution in [0.5, 0.6) is 0 Å². The molecule has 2 amide bonds. The molecule has 6 nitrogen and oxygen atoms in total. The van der Waals surface area contributed by atoms with Gasteiger partial charge in [0.25, 0.3) is 5.91 Å². The van der Waals surface area contributed by atoms with Gasteiger partial charge in [-0.15, -0.1) is 12.4 Å². The molecule has 2 N–H and O–H groups in total. The van der Waals surface area contributed by atoms with Crippen molar-refractivity contribution >= 4 is 29.9 Å². The molecule has 23 heavy (non-hydrogen) atoms. The van der Waals surface area contributed by atoms with Gasteiger partial charge in [-0.3, -0.25) is 9.59 Å². The zero-order chi connectivity index (χ0) is 15.8. The number of amides is 2. The maximum Gasteiger partial charge on any atom is 0.255 e. The van der Waals surface area contributed by atoms with Crippen LogP contribution < -0.4 is 10.6 Å². The van der Waals surface area contributed by atoms with Crippen LogP contribution >= 0.6 is 12.4 Å². The lowest BCUT2D eigenvalue weighted by Gasteiger charge is -2.18. The van der Waals surface area contributed by atoms with Gasteiger partial charge in [-0.2, -0.15) is 0 Å². The minimum atomic E-state index is -0.169. The maximum atomic E-state index is 12.5. The van der Waals surface area contributed by atoms with Crippen LogP contribution in [0.4, 0.5) is 5.69 Å². The first-order chi connectivity index (χ1) is 10.7. The summed E-state index contributed by atoms with van der Waals surface area (Å²) in [4.78, 5) is 26.3. The zero-order valence-electron chi connectivity index (χ0n) is 13.3. The highest BCUT2D eigenvalue weighted by Gasteiger charge is 2.22. The number of nitrogens with zero attached hydrogens (tertiary/aromatic N) is 1. The van der Waals surface area contributed by atoms with Crippen molar-refractivity contribution in [3.8, 4) is 0 Å². The summed E-state index contributed by atoms with van der Waals surface area (Å²) in [6.45, 7) is 2.94. The summed E-state index contributed by atoms with van der Waals surface area (Å²) < 4.78 is 4.91. The smallest absolute Gasteiger partial charge is 0.255 e. The second kappa shape index (κ2) is 10.2. The Kier molecular flexibility index (Phi) is 8.61. The molecule has 0 radical (unpaired) electrons. The minimum Gasteiger partial charge on any atom is -0.383 e. The van der Waals surface area contributed by atoms with Crippen molar-refractivity contribution in [3.63, 3.8) is 0 Å². The highest BCUT2D eigenvalue weighted by Crippen LogP contribution is 2.19. The van der Waals surface area contributed by atoms with E-state index in [4.69, 9.17) is 4.74 Å². The number of halogens is 1. The summed E-state index contributed by atoms with van der Waals surface area (Å²) in [7, 11) is 1.61. The second-order valence-electron chi connectivity index (χ2n) is 5.26. The molecule has 1 saturated heterocycles. The number of carbonyl (C=O) groups excluding carboxylic acids is 2. The first-order valence-electron chi connectivity index (χ1n) is 7.60. The van der Waals surface area contributed by atoms with Gasteiger partial charge in [0.1, 0.15) is 0 Å². The van der Waals surface area contributed by atoms with E-state index in [1.807, 2.05) is 17.0 Å². The number of anilines is 1. The fourth-order valence-electron chi connectivity index (χ4n) is 2.44. The lowest BCUT2D eigenvalue weighted by molar-refractivity contribution is -0.115. The van der Waals surface area contributed by atoms with Gasteiger partial charge >= 0.3 is 0 Å². The molecule has 1 heterocycles. The standard InChI is InChI=1S/C16H23N3O3.ClH/c1-22-11-8-17-12-15(20)18-14-7-3-2-6-13(14)16(21)19-9-4-5-10-19;/h2-3,6-7,17H,4-5,8-12H2,1H3,(H,18,20);1H. The number of likely N-dealkylation sites (tertiary alicyclic amines) is 1. The number of para-hydroxylation sites is 1. The van der Waals surface area contributed by atoms with Gasteiger partial charge in [-0.05, 0) is 25.0 Å². The van der Waals surface area contributed by atoms with Gasteiger partial charge in [-0.1, -0.05) is 12.1 Å². The molecule has 1 aromatic carbocycles. The van der Waals surface area contributed by atoms with Crippen molar-refractivity contribution in [1.82, 2.24) is 10.2 Å². The summed E-state index contributed by atoms with van der Waals surface area (Å²) in [6, 6.07) is 7.15. The number of hydrogen-bond donors (Lipinski definition) is 2. The van der Waals surface area contributed by atoms with E-state index in [1.54, 1.807) is 19.2 Å². The molecule has 0 atom stereocenters. The number of hydrogen-bond acceptors (Lipinski definition) is 4. The first-order valence-corrected chi connectivity index (χ1v) is 7.60. The van der Waals surface area contributed by atoms with E-state index in [2.05, 4.69) is 10.6 Å². The van der Waals surface area contributed by atoms with Crippen molar-refractivity contribution in [1.29, 1.82) is 0 Å². The number of carbonyl (C=O) groups is 2. The highest BCUT2D eigenvalue weighted by molar-refractivity contribution is 6.04. The molecule has 128 valence electrons.